The number of hydrogen-bond acceptors (Lipinski definition) is 5. The number of likely N-dealkylation sites (N-methyl/N-ethyl adjacent to an activating group) is 1. The summed E-state index contributed by atoms with van der Waals surface area (Å²) in [6.07, 6.45) is 1.36. The summed E-state index contributed by atoms with van der Waals surface area (Å²) in [4.78, 5) is 32.2. The first-order valence-electron chi connectivity index (χ1n) is 9.67. The minimum Gasteiger partial charge on any atom is -0.497 e. The van der Waals surface area contributed by atoms with Gasteiger partial charge in [0.25, 0.3) is 5.56 Å². The van der Waals surface area contributed by atoms with E-state index in [1.165, 1.54) is 46.3 Å². The minimum absolute atomic E-state index is 0.00458. The van der Waals surface area contributed by atoms with Gasteiger partial charge < -0.3 is 9.64 Å². The Morgan fingerprint density at radius 3 is 2.69 bits per heavy atom. The minimum atomic E-state index is -0.484. The number of aromatic nitrogens is 2. The van der Waals surface area contributed by atoms with E-state index in [1.54, 1.807) is 13.2 Å². The van der Waals surface area contributed by atoms with E-state index in [4.69, 9.17) is 16.3 Å². The van der Waals surface area contributed by atoms with Gasteiger partial charge in [-0.3, -0.25) is 14.2 Å². The van der Waals surface area contributed by atoms with Crippen LogP contribution in [0.4, 0.5) is 4.39 Å². The van der Waals surface area contributed by atoms with Crippen molar-refractivity contribution in [3.05, 3.63) is 81.6 Å². The predicted molar refractivity (Wildman–Crippen MR) is 124 cm³/mol. The standard InChI is InChI=1S/C23H19ClFN3O3S/c1-27(11-16-17(24)4-3-5-18(16)25)21(29)12-28-13-26-19-10-20(32-22(19)23(28)30)14-6-8-15(31-2)9-7-14/h3-10,13H,11-12H2,1-2H3. The van der Waals surface area contributed by atoms with Gasteiger partial charge in [-0.25, -0.2) is 9.37 Å². The number of carbonyl (C=O) groups is 1. The summed E-state index contributed by atoms with van der Waals surface area (Å²) in [7, 11) is 3.14. The van der Waals surface area contributed by atoms with E-state index in [2.05, 4.69) is 4.98 Å². The molecule has 0 aliphatic carbocycles. The molecule has 1 amide bonds. The van der Waals surface area contributed by atoms with Crippen molar-refractivity contribution in [3.8, 4) is 16.2 Å². The van der Waals surface area contributed by atoms with Crippen LogP contribution in [-0.2, 0) is 17.9 Å². The maximum atomic E-state index is 14.0. The van der Waals surface area contributed by atoms with Gasteiger partial charge in [-0.15, -0.1) is 11.3 Å². The van der Waals surface area contributed by atoms with Gasteiger partial charge in [-0.05, 0) is 48.0 Å². The molecule has 4 rings (SSSR count). The second kappa shape index (κ2) is 9.10. The van der Waals surface area contributed by atoms with Crippen molar-refractivity contribution in [2.75, 3.05) is 14.2 Å². The fourth-order valence-electron chi connectivity index (χ4n) is 3.23. The van der Waals surface area contributed by atoms with Gasteiger partial charge >= 0.3 is 0 Å². The van der Waals surface area contributed by atoms with Crippen LogP contribution < -0.4 is 10.3 Å². The molecule has 164 valence electrons. The summed E-state index contributed by atoms with van der Waals surface area (Å²) in [5.74, 6) is -0.101. The highest BCUT2D eigenvalue weighted by molar-refractivity contribution is 7.22. The lowest BCUT2D eigenvalue weighted by Crippen LogP contribution is -2.33. The lowest BCUT2D eigenvalue weighted by Gasteiger charge is -2.19. The van der Waals surface area contributed by atoms with E-state index in [-0.39, 0.29) is 35.1 Å². The van der Waals surface area contributed by atoms with Gasteiger partial charge in [0.15, 0.2) is 0 Å². The van der Waals surface area contributed by atoms with Crippen LogP contribution in [0.2, 0.25) is 5.02 Å². The van der Waals surface area contributed by atoms with Gasteiger partial charge in [-0.2, -0.15) is 0 Å². The number of rotatable bonds is 6. The van der Waals surface area contributed by atoms with E-state index in [0.29, 0.717) is 10.2 Å². The van der Waals surface area contributed by atoms with Crippen LogP contribution in [-0.4, -0.2) is 34.5 Å². The van der Waals surface area contributed by atoms with Crippen molar-refractivity contribution in [2.45, 2.75) is 13.1 Å². The summed E-state index contributed by atoms with van der Waals surface area (Å²) in [6, 6.07) is 13.7. The Labute approximate surface area is 192 Å². The summed E-state index contributed by atoms with van der Waals surface area (Å²) >= 11 is 7.37. The molecule has 32 heavy (non-hydrogen) atoms. The zero-order chi connectivity index (χ0) is 22.8. The molecule has 0 spiro atoms. The Morgan fingerprint density at radius 1 is 1.25 bits per heavy atom. The number of hydrogen-bond donors (Lipinski definition) is 0. The van der Waals surface area contributed by atoms with Crippen molar-refractivity contribution in [1.82, 2.24) is 14.5 Å². The van der Waals surface area contributed by atoms with Crippen LogP contribution in [0.25, 0.3) is 20.7 Å². The number of fused-ring (bicyclic) bond motifs is 1. The van der Waals surface area contributed by atoms with Crippen LogP contribution in [0.3, 0.4) is 0 Å². The number of halogens is 2. The van der Waals surface area contributed by atoms with Gasteiger partial charge in [0.05, 0.1) is 19.0 Å². The number of ether oxygens (including phenoxy) is 1. The molecule has 6 nitrogen and oxygen atoms in total. The first-order chi connectivity index (χ1) is 15.4. The molecule has 0 aliphatic rings. The third-order valence-electron chi connectivity index (χ3n) is 5.07. The molecular weight excluding hydrogens is 453 g/mol. The fourth-order valence-corrected chi connectivity index (χ4v) is 4.52. The molecule has 0 saturated heterocycles. The molecule has 0 saturated carbocycles. The molecule has 0 N–H and O–H groups in total. The topological polar surface area (TPSA) is 64.4 Å². The molecule has 0 fully saturated rings. The quantitative estimate of drug-likeness (QED) is 0.413. The van der Waals surface area contributed by atoms with E-state index in [1.807, 2.05) is 30.3 Å². The number of thiophene rings is 1. The average Bonchev–Trinajstić information content (AvgIpc) is 3.23. The van der Waals surface area contributed by atoms with Crippen LogP contribution in [0, 0.1) is 5.82 Å². The smallest absolute Gasteiger partial charge is 0.271 e. The third kappa shape index (κ3) is 4.37. The number of amides is 1. The van der Waals surface area contributed by atoms with Crippen LogP contribution in [0.1, 0.15) is 5.56 Å². The highest BCUT2D eigenvalue weighted by atomic mass is 35.5. The Morgan fingerprint density at radius 2 is 2.00 bits per heavy atom. The Hall–Kier alpha value is -3.23. The molecular formula is C23H19ClFN3O3S. The molecule has 0 aliphatic heterocycles. The SMILES string of the molecule is COc1ccc(-c2cc3ncn(CC(=O)N(C)Cc4c(F)cccc4Cl)c(=O)c3s2)cc1. The number of methoxy groups -OCH3 is 1. The zero-order valence-corrected chi connectivity index (χ0v) is 18.9. The lowest BCUT2D eigenvalue weighted by molar-refractivity contribution is -0.131. The van der Waals surface area contributed by atoms with Crippen molar-refractivity contribution >= 4 is 39.1 Å². The van der Waals surface area contributed by atoms with E-state index in [9.17, 15) is 14.0 Å². The molecule has 4 aromatic rings. The lowest BCUT2D eigenvalue weighted by atomic mass is 10.2. The van der Waals surface area contributed by atoms with Crippen molar-refractivity contribution in [2.24, 2.45) is 0 Å². The van der Waals surface area contributed by atoms with Gasteiger partial charge in [0.1, 0.15) is 22.8 Å². The molecule has 0 unspecified atom stereocenters. The Kier molecular flexibility index (Phi) is 6.25. The Bertz CT molecular complexity index is 1330. The zero-order valence-electron chi connectivity index (χ0n) is 17.3. The maximum absolute atomic E-state index is 14.0. The molecule has 0 radical (unpaired) electrons. The molecule has 0 bridgehead atoms. The molecule has 2 aromatic carbocycles. The summed E-state index contributed by atoms with van der Waals surface area (Å²) in [6.45, 7) is -0.213. The molecule has 2 heterocycles. The van der Waals surface area contributed by atoms with Crippen molar-refractivity contribution in [1.29, 1.82) is 0 Å². The van der Waals surface area contributed by atoms with E-state index < -0.39 is 5.82 Å². The normalized spacial score (nSPS) is 11.0. The predicted octanol–water partition coefficient (Wildman–Crippen LogP) is 4.58. The number of benzene rings is 2. The van der Waals surface area contributed by atoms with Gasteiger partial charge in [0, 0.05) is 29.1 Å². The summed E-state index contributed by atoms with van der Waals surface area (Å²) in [5, 5.41) is 0.245. The first-order valence-corrected chi connectivity index (χ1v) is 10.9. The van der Waals surface area contributed by atoms with E-state index in [0.717, 1.165) is 16.2 Å². The van der Waals surface area contributed by atoms with Crippen molar-refractivity contribution < 1.29 is 13.9 Å². The highest BCUT2D eigenvalue weighted by Gasteiger charge is 2.17. The van der Waals surface area contributed by atoms with Crippen LogP contribution in [0.5, 0.6) is 5.75 Å². The molecule has 2 aromatic heterocycles. The Balaban J connectivity index is 1.56. The second-order valence-electron chi connectivity index (χ2n) is 7.18. The average molecular weight is 472 g/mol. The fraction of sp³-hybridized carbons (Fsp3) is 0.174. The maximum Gasteiger partial charge on any atom is 0.271 e. The largest absolute Gasteiger partial charge is 0.497 e. The van der Waals surface area contributed by atoms with Crippen LogP contribution in [0.15, 0.2) is 59.7 Å². The first kappa shape index (κ1) is 22.0. The third-order valence-corrected chi connectivity index (χ3v) is 6.58. The highest BCUT2D eigenvalue weighted by Crippen LogP contribution is 2.31. The second-order valence-corrected chi connectivity index (χ2v) is 8.64. The summed E-state index contributed by atoms with van der Waals surface area (Å²) < 4.78 is 20.9. The van der Waals surface area contributed by atoms with Gasteiger partial charge in [0.2, 0.25) is 5.91 Å². The summed E-state index contributed by atoms with van der Waals surface area (Å²) in [5.41, 5.74) is 1.44. The number of carbonyl (C=O) groups excluding carboxylic acids is 1. The van der Waals surface area contributed by atoms with Gasteiger partial charge in [-0.1, -0.05) is 17.7 Å². The monoisotopic (exact) mass is 471 g/mol. The molecule has 9 heteroatoms. The van der Waals surface area contributed by atoms with Crippen LogP contribution >= 0.6 is 22.9 Å². The van der Waals surface area contributed by atoms with Crippen molar-refractivity contribution in [3.63, 3.8) is 0 Å². The number of nitrogens with zero attached hydrogens (tertiary/aromatic N) is 3. The molecule has 0 atom stereocenters. The van der Waals surface area contributed by atoms with E-state index >= 15 is 0 Å².